The van der Waals surface area contributed by atoms with Crippen molar-refractivity contribution in [3.05, 3.63) is 106 Å². The van der Waals surface area contributed by atoms with Gasteiger partial charge in [0.15, 0.2) is 0 Å². The number of benzene rings is 3. The van der Waals surface area contributed by atoms with Crippen molar-refractivity contribution in [2.45, 2.75) is 19.6 Å². The van der Waals surface area contributed by atoms with Gasteiger partial charge in [-0.2, -0.15) is 5.10 Å². The van der Waals surface area contributed by atoms with E-state index in [0.29, 0.717) is 24.0 Å². The standard InChI is InChI=1S/C27H23FN4O3/c1-35-21-12-8-18(9-13-21)14-29-25(33)17-32-27(34)26-23(15-30-32)22-4-2-3-5-24(22)31(26)16-19-6-10-20(28)11-7-19/h2-13,15H,14,16-17H2,1H3,(H,29,33). The maximum absolute atomic E-state index is 13.5. The summed E-state index contributed by atoms with van der Waals surface area (Å²) in [7, 11) is 1.59. The van der Waals surface area contributed by atoms with Crippen molar-refractivity contribution >= 4 is 27.7 Å². The molecule has 0 unspecified atom stereocenters. The Labute approximate surface area is 200 Å². The average molecular weight is 471 g/mol. The molecule has 0 aliphatic carbocycles. The number of carbonyl (C=O) groups is 1. The van der Waals surface area contributed by atoms with Gasteiger partial charge in [-0.25, -0.2) is 9.07 Å². The summed E-state index contributed by atoms with van der Waals surface area (Å²) in [5.74, 6) is 0.0966. The number of para-hydroxylation sites is 1. The van der Waals surface area contributed by atoms with Gasteiger partial charge >= 0.3 is 0 Å². The molecule has 176 valence electrons. The van der Waals surface area contributed by atoms with Crippen LogP contribution in [0.3, 0.4) is 0 Å². The minimum Gasteiger partial charge on any atom is -0.497 e. The summed E-state index contributed by atoms with van der Waals surface area (Å²) in [4.78, 5) is 26.1. The lowest BCUT2D eigenvalue weighted by Gasteiger charge is -2.10. The maximum Gasteiger partial charge on any atom is 0.291 e. The third kappa shape index (κ3) is 4.50. The number of halogens is 1. The van der Waals surface area contributed by atoms with Gasteiger partial charge < -0.3 is 14.6 Å². The van der Waals surface area contributed by atoms with E-state index in [2.05, 4.69) is 10.4 Å². The number of hydrogen-bond donors (Lipinski definition) is 1. The summed E-state index contributed by atoms with van der Waals surface area (Å²) in [6.45, 7) is 0.501. The highest BCUT2D eigenvalue weighted by atomic mass is 19.1. The van der Waals surface area contributed by atoms with Crippen LogP contribution in [0, 0.1) is 5.82 Å². The highest BCUT2D eigenvalue weighted by molar-refractivity contribution is 6.07. The molecular formula is C27H23FN4O3. The average Bonchev–Trinajstić information content (AvgIpc) is 3.20. The largest absolute Gasteiger partial charge is 0.497 e. The number of ether oxygens (including phenoxy) is 1. The minimum absolute atomic E-state index is 0.205. The van der Waals surface area contributed by atoms with E-state index in [4.69, 9.17) is 4.74 Å². The number of aromatic nitrogens is 3. The van der Waals surface area contributed by atoms with Gasteiger partial charge in [0.05, 0.1) is 13.3 Å². The second-order valence-electron chi connectivity index (χ2n) is 8.22. The molecule has 1 amide bonds. The Morgan fingerprint density at radius 3 is 2.43 bits per heavy atom. The van der Waals surface area contributed by atoms with Crippen molar-refractivity contribution in [2.24, 2.45) is 0 Å². The highest BCUT2D eigenvalue weighted by Crippen LogP contribution is 2.27. The fourth-order valence-corrected chi connectivity index (χ4v) is 4.18. The lowest BCUT2D eigenvalue weighted by molar-refractivity contribution is -0.122. The normalized spacial score (nSPS) is 11.1. The van der Waals surface area contributed by atoms with Gasteiger partial charge in [-0.1, -0.05) is 42.5 Å². The number of nitrogens with zero attached hydrogens (tertiary/aromatic N) is 3. The second kappa shape index (κ2) is 9.42. The van der Waals surface area contributed by atoms with Crippen molar-refractivity contribution in [1.82, 2.24) is 19.7 Å². The number of methoxy groups -OCH3 is 1. The molecule has 7 nitrogen and oxygen atoms in total. The summed E-state index contributed by atoms with van der Waals surface area (Å²) in [5, 5.41) is 8.70. The van der Waals surface area contributed by atoms with Crippen LogP contribution in [-0.4, -0.2) is 27.4 Å². The molecule has 0 aliphatic rings. The first-order valence-corrected chi connectivity index (χ1v) is 11.1. The quantitative estimate of drug-likeness (QED) is 0.392. The zero-order valence-corrected chi connectivity index (χ0v) is 19.1. The van der Waals surface area contributed by atoms with E-state index in [-0.39, 0.29) is 23.8 Å². The third-order valence-corrected chi connectivity index (χ3v) is 5.97. The minimum atomic E-state index is -0.361. The van der Waals surface area contributed by atoms with Gasteiger partial charge in [0, 0.05) is 29.4 Å². The molecule has 1 N–H and O–H groups in total. The maximum atomic E-state index is 13.5. The molecule has 0 spiro atoms. The Hall–Kier alpha value is -4.46. The summed E-state index contributed by atoms with van der Waals surface area (Å²) in [6.07, 6.45) is 1.62. The van der Waals surface area contributed by atoms with Gasteiger partial charge in [-0.15, -0.1) is 0 Å². The number of carbonyl (C=O) groups excluding carboxylic acids is 1. The number of amides is 1. The van der Waals surface area contributed by atoms with Crippen LogP contribution in [0.25, 0.3) is 21.8 Å². The third-order valence-electron chi connectivity index (χ3n) is 5.97. The molecule has 2 aromatic heterocycles. The molecule has 3 aromatic carbocycles. The van der Waals surface area contributed by atoms with Crippen LogP contribution in [0.5, 0.6) is 5.75 Å². The number of fused-ring (bicyclic) bond motifs is 3. The SMILES string of the molecule is COc1ccc(CNC(=O)Cn2ncc3c4ccccc4n(Cc4ccc(F)cc4)c3c2=O)cc1. The van der Waals surface area contributed by atoms with E-state index < -0.39 is 0 Å². The smallest absolute Gasteiger partial charge is 0.291 e. The first-order chi connectivity index (χ1) is 17.0. The van der Waals surface area contributed by atoms with Crippen LogP contribution in [0.1, 0.15) is 11.1 Å². The van der Waals surface area contributed by atoms with Crippen molar-refractivity contribution in [1.29, 1.82) is 0 Å². The summed E-state index contributed by atoms with van der Waals surface area (Å²) < 4.78 is 21.6. The molecular weight excluding hydrogens is 447 g/mol. The van der Waals surface area contributed by atoms with Gasteiger partial charge in [0.2, 0.25) is 5.91 Å². The molecule has 0 bridgehead atoms. The fourth-order valence-electron chi connectivity index (χ4n) is 4.18. The van der Waals surface area contributed by atoms with Crippen molar-refractivity contribution in [2.75, 3.05) is 7.11 Å². The van der Waals surface area contributed by atoms with Gasteiger partial charge in [-0.05, 0) is 41.5 Å². The van der Waals surface area contributed by atoms with Gasteiger partial charge in [0.1, 0.15) is 23.6 Å². The first-order valence-electron chi connectivity index (χ1n) is 11.1. The topological polar surface area (TPSA) is 78.2 Å². The zero-order chi connectivity index (χ0) is 24.4. The predicted octanol–water partition coefficient (Wildman–Crippen LogP) is 3.86. The Bertz CT molecular complexity index is 1570. The summed E-state index contributed by atoms with van der Waals surface area (Å²) >= 11 is 0. The fraction of sp³-hybridized carbons (Fsp3) is 0.148. The Morgan fingerprint density at radius 1 is 0.971 bits per heavy atom. The Balaban J connectivity index is 1.45. The number of hydrogen-bond acceptors (Lipinski definition) is 4. The molecule has 35 heavy (non-hydrogen) atoms. The van der Waals surface area contributed by atoms with Crippen LogP contribution in [0.4, 0.5) is 4.39 Å². The van der Waals surface area contributed by atoms with Crippen LogP contribution in [0.15, 0.2) is 83.8 Å². The molecule has 0 saturated carbocycles. The molecule has 0 saturated heterocycles. The molecule has 0 radical (unpaired) electrons. The zero-order valence-electron chi connectivity index (χ0n) is 19.1. The van der Waals surface area contributed by atoms with Crippen LogP contribution < -0.4 is 15.6 Å². The van der Waals surface area contributed by atoms with Crippen molar-refractivity contribution in [3.8, 4) is 5.75 Å². The number of nitrogens with one attached hydrogen (secondary N) is 1. The van der Waals surface area contributed by atoms with E-state index >= 15 is 0 Å². The molecule has 2 heterocycles. The monoisotopic (exact) mass is 470 g/mol. The summed E-state index contributed by atoms with van der Waals surface area (Å²) in [6, 6.07) is 21.2. The van der Waals surface area contributed by atoms with E-state index in [1.165, 1.54) is 16.8 Å². The molecule has 5 rings (SSSR count). The van der Waals surface area contributed by atoms with Crippen LogP contribution >= 0.6 is 0 Å². The van der Waals surface area contributed by atoms with E-state index in [1.807, 2.05) is 53.1 Å². The Morgan fingerprint density at radius 2 is 1.69 bits per heavy atom. The van der Waals surface area contributed by atoms with Gasteiger partial charge in [-0.3, -0.25) is 9.59 Å². The lowest BCUT2D eigenvalue weighted by atomic mass is 10.2. The van der Waals surface area contributed by atoms with Crippen LogP contribution in [0.2, 0.25) is 0 Å². The van der Waals surface area contributed by atoms with E-state index in [1.54, 1.807) is 25.4 Å². The van der Waals surface area contributed by atoms with Gasteiger partial charge in [0.25, 0.3) is 5.56 Å². The molecule has 0 fully saturated rings. The van der Waals surface area contributed by atoms with E-state index in [9.17, 15) is 14.0 Å². The van der Waals surface area contributed by atoms with Crippen molar-refractivity contribution in [3.63, 3.8) is 0 Å². The molecule has 0 aliphatic heterocycles. The van der Waals surface area contributed by atoms with Crippen molar-refractivity contribution < 1.29 is 13.9 Å². The first kappa shape index (κ1) is 22.3. The predicted molar refractivity (Wildman–Crippen MR) is 132 cm³/mol. The number of rotatable bonds is 7. The highest BCUT2D eigenvalue weighted by Gasteiger charge is 2.17. The van der Waals surface area contributed by atoms with E-state index in [0.717, 1.165) is 27.8 Å². The molecule has 0 atom stereocenters. The lowest BCUT2D eigenvalue weighted by Crippen LogP contribution is -2.33. The van der Waals surface area contributed by atoms with Crippen LogP contribution in [-0.2, 0) is 24.4 Å². The Kier molecular flexibility index (Phi) is 6.01. The second-order valence-corrected chi connectivity index (χ2v) is 8.22. The molecule has 5 aromatic rings. The molecule has 8 heteroatoms. The summed E-state index contributed by atoms with van der Waals surface area (Å²) in [5.41, 5.74) is 2.73.